The van der Waals surface area contributed by atoms with E-state index in [2.05, 4.69) is 0 Å². The zero-order valence-electron chi connectivity index (χ0n) is 7.95. The number of hydrogen-bond donors (Lipinski definition) is 0. The molecular formula is C10H14O3. The molecule has 0 N–H and O–H groups in total. The first-order valence-electron chi connectivity index (χ1n) is 4.32. The summed E-state index contributed by atoms with van der Waals surface area (Å²) < 4.78 is 9.86. The molecular weight excluding hydrogens is 168 g/mol. The number of carbonyl (C=O) groups is 1. The molecule has 72 valence electrons. The van der Waals surface area contributed by atoms with Crippen LogP contribution in [-0.4, -0.2) is 19.0 Å². The third kappa shape index (κ3) is 3.03. The van der Waals surface area contributed by atoms with Crippen LogP contribution in [0.15, 0.2) is 23.0 Å². The zero-order valence-corrected chi connectivity index (χ0v) is 7.95. The van der Waals surface area contributed by atoms with Gasteiger partial charge >= 0.3 is 0 Å². The largest absolute Gasteiger partial charge is 0.472 e. The maximum absolute atomic E-state index is 11.4. The normalized spacial score (nSPS) is 12.8. The predicted octanol–water partition coefficient (Wildman–Crippen LogP) is 2.28. The Morgan fingerprint density at radius 3 is 3.00 bits per heavy atom. The number of hydrogen-bond acceptors (Lipinski definition) is 3. The number of ether oxygens (including phenoxy) is 1. The highest BCUT2D eigenvalue weighted by molar-refractivity contribution is 5.95. The summed E-state index contributed by atoms with van der Waals surface area (Å²) in [7, 11) is 1.65. The number of ketones is 1. The summed E-state index contributed by atoms with van der Waals surface area (Å²) in [5.41, 5.74) is 0.642. The molecule has 0 aliphatic rings. The van der Waals surface area contributed by atoms with Gasteiger partial charge in [0.05, 0.1) is 17.9 Å². The number of carbonyl (C=O) groups excluding carboxylic acids is 1. The summed E-state index contributed by atoms with van der Waals surface area (Å²) in [5.74, 6) is 0.109. The highest BCUT2D eigenvalue weighted by Crippen LogP contribution is 2.08. The summed E-state index contributed by atoms with van der Waals surface area (Å²) in [4.78, 5) is 11.4. The van der Waals surface area contributed by atoms with Gasteiger partial charge in [-0.05, 0) is 19.4 Å². The predicted molar refractivity (Wildman–Crippen MR) is 48.7 cm³/mol. The van der Waals surface area contributed by atoms with E-state index >= 15 is 0 Å². The van der Waals surface area contributed by atoms with Crippen molar-refractivity contribution in [3.63, 3.8) is 0 Å². The Morgan fingerprint density at radius 2 is 2.46 bits per heavy atom. The number of furan rings is 1. The maximum Gasteiger partial charge on any atom is 0.166 e. The van der Waals surface area contributed by atoms with Gasteiger partial charge in [-0.25, -0.2) is 0 Å². The third-order valence-electron chi connectivity index (χ3n) is 2.02. The molecule has 0 saturated heterocycles. The van der Waals surface area contributed by atoms with E-state index in [1.54, 1.807) is 13.2 Å². The lowest BCUT2D eigenvalue weighted by Gasteiger charge is -2.06. The van der Waals surface area contributed by atoms with E-state index in [1.807, 2.05) is 6.92 Å². The maximum atomic E-state index is 11.4. The fourth-order valence-electron chi connectivity index (χ4n) is 1.02. The molecule has 0 aliphatic heterocycles. The SMILES string of the molecule is COC(C)CCC(=O)c1ccoc1. The summed E-state index contributed by atoms with van der Waals surface area (Å²) in [5, 5.41) is 0. The molecule has 1 aromatic rings. The standard InChI is InChI=1S/C10H14O3/c1-8(12-2)3-4-10(11)9-5-6-13-7-9/h5-8H,3-4H2,1-2H3. The molecule has 0 fully saturated rings. The van der Waals surface area contributed by atoms with Crippen LogP contribution < -0.4 is 0 Å². The van der Waals surface area contributed by atoms with E-state index < -0.39 is 0 Å². The molecule has 0 saturated carbocycles. The van der Waals surface area contributed by atoms with Crippen molar-refractivity contribution in [3.8, 4) is 0 Å². The molecule has 1 unspecified atom stereocenters. The first-order valence-corrected chi connectivity index (χ1v) is 4.32. The van der Waals surface area contributed by atoms with Crippen molar-refractivity contribution >= 4 is 5.78 Å². The lowest BCUT2D eigenvalue weighted by atomic mass is 10.1. The van der Waals surface area contributed by atoms with Crippen LogP contribution >= 0.6 is 0 Å². The average molecular weight is 182 g/mol. The minimum Gasteiger partial charge on any atom is -0.472 e. The van der Waals surface area contributed by atoms with Crippen molar-refractivity contribution in [1.82, 2.24) is 0 Å². The number of Topliss-reactive ketones (excluding diaryl/α,β-unsaturated/α-hetero) is 1. The van der Waals surface area contributed by atoms with Gasteiger partial charge in [0.15, 0.2) is 5.78 Å². The van der Waals surface area contributed by atoms with Crippen molar-refractivity contribution in [2.45, 2.75) is 25.9 Å². The van der Waals surface area contributed by atoms with Gasteiger partial charge in [-0.15, -0.1) is 0 Å². The number of methoxy groups -OCH3 is 1. The van der Waals surface area contributed by atoms with Crippen molar-refractivity contribution in [2.75, 3.05) is 7.11 Å². The van der Waals surface area contributed by atoms with Crippen LogP contribution in [-0.2, 0) is 4.74 Å². The molecule has 3 nitrogen and oxygen atoms in total. The molecule has 1 aromatic heterocycles. The second-order valence-electron chi connectivity index (χ2n) is 3.02. The Labute approximate surface area is 77.7 Å². The first-order chi connectivity index (χ1) is 6.24. The highest BCUT2D eigenvalue weighted by Gasteiger charge is 2.08. The smallest absolute Gasteiger partial charge is 0.166 e. The van der Waals surface area contributed by atoms with E-state index in [0.29, 0.717) is 12.0 Å². The topological polar surface area (TPSA) is 39.4 Å². The molecule has 0 bridgehead atoms. The van der Waals surface area contributed by atoms with E-state index in [1.165, 1.54) is 12.5 Å². The molecule has 1 heterocycles. The molecule has 1 rings (SSSR count). The van der Waals surface area contributed by atoms with Crippen LogP contribution in [0.5, 0.6) is 0 Å². The van der Waals surface area contributed by atoms with E-state index in [-0.39, 0.29) is 11.9 Å². The van der Waals surface area contributed by atoms with Crippen LogP contribution in [0, 0.1) is 0 Å². The fraction of sp³-hybridized carbons (Fsp3) is 0.500. The van der Waals surface area contributed by atoms with Gasteiger partial charge in [0.1, 0.15) is 6.26 Å². The lowest BCUT2D eigenvalue weighted by molar-refractivity contribution is 0.0877. The van der Waals surface area contributed by atoms with E-state index in [0.717, 1.165) is 6.42 Å². The van der Waals surface area contributed by atoms with Crippen molar-refractivity contribution < 1.29 is 13.9 Å². The Hall–Kier alpha value is -1.09. The van der Waals surface area contributed by atoms with Crippen LogP contribution in [0.25, 0.3) is 0 Å². The molecule has 0 spiro atoms. The molecule has 0 radical (unpaired) electrons. The van der Waals surface area contributed by atoms with Gasteiger partial charge < -0.3 is 9.15 Å². The highest BCUT2D eigenvalue weighted by atomic mass is 16.5. The second-order valence-corrected chi connectivity index (χ2v) is 3.02. The van der Waals surface area contributed by atoms with Crippen molar-refractivity contribution in [3.05, 3.63) is 24.2 Å². The Kier molecular flexibility index (Phi) is 3.71. The molecule has 0 amide bonds. The molecule has 3 heteroatoms. The van der Waals surface area contributed by atoms with Crippen LogP contribution in [0.4, 0.5) is 0 Å². The first kappa shape index (κ1) is 9.99. The lowest BCUT2D eigenvalue weighted by Crippen LogP contribution is -2.08. The van der Waals surface area contributed by atoms with Crippen LogP contribution in [0.3, 0.4) is 0 Å². The van der Waals surface area contributed by atoms with Gasteiger partial charge in [-0.1, -0.05) is 0 Å². The van der Waals surface area contributed by atoms with Gasteiger partial charge in [0, 0.05) is 13.5 Å². The minimum absolute atomic E-state index is 0.109. The zero-order chi connectivity index (χ0) is 9.68. The van der Waals surface area contributed by atoms with Crippen molar-refractivity contribution in [2.24, 2.45) is 0 Å². The molecule has 13 heavy (non-hydrogen) atoms. The van der Waals surface area contributed by atoms with E-state index in [9.17, 15) is 4.79 Å². The fourth-order valence-corrected chi connectivity index (χ4v) is 1.02. The molecule has 1 atom stereocenters. The van der Waals surface area contributed by atoms with Gasteiger partial charge in [-0.2, -0.15) is 0 Å². The summed E-state index contributed by atoms with van der Waals surface area (Å²) in [6.07, 6.45) is 4.37. The van der Waals surface area contributed by atoms with Gasteiger partial charge in [0.25, 0.3) is 0 Å². The van der Waals surface area contributed by atoms with Gasteiger partial charge in [-0.3, -0.25) is 4.79 Å². The monoisotopic (exact) mass is 182 g/mol. The Bertz CT molecular complexity index is 251. The summed E-state index contributed by atoms with van der Waals surface area (Å²) in [6.45, 7) is 1.95. The third-order valence-corrected chi connectivity index (χ3v) is 2.02. The molecule has 0 aliphatic carbocycles. The second kappa shape index (κ2) is 4.82. The number of rotatable bonds is 5. The average Bonchev–Trinajstić information content (AvgIpc) is 2.66. The summed E-state index contributed by atoms with van der Waals surface area (Å²) in [6, 6.07) is 1.68. The Balaban J connectivity index is 2.35. The Morgan fingerprint density at radius 1 is 1.69 bits per heavy atom. The quantitative estimate of drug-likeness (QED) is 0.656. The molecule has 0 aromatic carbocycles. The summed E-state index contributed by atoms with van der Waals surface area (Å²) >= 11 is 0. The van der Waals surface area contributed by atoms with Crippen LogP contribution in [0.2, 0.25) is 0 Å². The minimum atomic E-state index is 0.109. The van der Waals surface area contributed by atoms with E-state index in [4.69, 9.17) is 9.15 Å². The van der Waals surface area contributed by atoms with Crippen molar-refractivity contribution in [1.29, 1.82) is 0 Å². The van der Waals surface area contributed by atoms with Gasteiger partial charge in [0.2, 0.25) is 0 Å². The van der Waals surface area contributed by atoms with Crippen LogP contribution in [0.1, 0.15) is 30.1 Å².